The maximum atomic E-state index is 12.5. The highest BCUT2D eigenvalue weighted by molar-refractivity contribution is 7.92. The molecule has 1 heterocycles. The van der Waals surface area contributed by atoms with Crippen molar-refractivity contribution in [3.8, 4) is 0 Å². The summed E-state index contributed by atoms with van der Waals surface area (Å²) in [5.41, 5.74) is 0.295. The van der Waals surface area contributed by atoms with Crippen molar-refractivity contribution in [2.75, 3.05) is 30.2 Å². The Balaban J connectivity index is 2.24. The Hall–Kier alpha value is -0.980. The van der Waals surface area contributed by atoms with Crippen LogP contribution in [-0.2, 0) is 14.8 Å². The van der Waals surface area contributed by atoms with Crippen molar-refractivity contribution in [2.24, 2.45) is 5.92 Å². The van der Waals surface area contributed by atoms with Crippen molar-refractivity contribution in [1.29, 1.82) is 0 Å². The lowest BCUT2D eigenvalue weighted by Crippen LogP contribution is -2.46. The smallest absolute Gasteiger partial charge is 0.243 e. The Labute approximate surface area is 147 Å². The standard InChI is InChI=1S/C15H20Cl2N2O3S/c1-11-4-3-5-18(9-11)15(20)10-19(23(2,21)22)14-7-12(16)6-13(17)8-14/h6-8,11H,3-5,9-10H2,1-2H3/t11-/m1/s1. The molecule has 1 amide bonds. The molecule has 23 heavy (non-hydrogen) atoms. The minimum atomic E-state index is -3.63. The van der Waals surface area contributed by atoms with Gasteiger partial charge >= 0.3 is 0 Å². The molecule has 0 spiro atoms. The second kappa shape index (κ2) is 7.28. The molecule has 1 saturated heterocycles. The van der Waals surface area contributed by atoms with Gasteiger partial charge in [-0.1, -0.05) is 30.1 Å². The third-order valence-corrected chi connectivity index (χ3v) is 5.40. The van der Waals surface area contributed by atoms with Crippen LogP contribution in [0.15, 0.2) is 18.2 Å². The highest BCUT2D eigenvalue weighted by Gasteiger charge is 2.27. The number of halogens is 2. The van der Waals surface area contributed by atoms with E-state index in [1.54, 1.807) is 4.90 Å². The Morgan fingerprint density at radius 2 is 1.91 bits per heavy atom. The van der Waals surface area contributed by atoms with Crippen molar-refractivity contribution in [3.63, 3.8) is 0 Å². The zero-order chi connectivity index (χ0) is 17.2. The summed E-state index contributed by atoms with van der Waals surface area (Å²) in [5, 5.41) is 0.639. The molecular weight excluding hydrogens is 359 g/mol. The van der Waals surface area contributed by atoms with Crippen LogP contribution >= 0.6 is 23.2 Å². The molecule has 1 aromatic rings. The molecule has 0 saturated carbocycles. The number of hydrogen-bond donors (Lipinski definition) is 0. The Morgan fingerprint density at radius 1 is 1.30 bits per heavy atom. The molecule has 1 aromatic carbocycles. The van der Waals surface area contributed by atoms with Crippen LogP contribution in [0, 0.1) is 5.92 Å². The van der Waals surface area contributed by atoms with E-state index in [0.717, 1.165) is 23.4 Å². The molecule has 5 nitrogen and oxygen atoms in total. The predicted molar refractivity (Wildman–Crippen MR) is 93.6 cm³/mol. The molecule has 0 bridgehead atoms. The monoisotopic (exact) mass is 378 g/mol. The number of amides is 1. The van der Waals surface area contributed by atoms with Gasteiger partial charge in [0.1, 0.15) is 6.54 Å². The van der Waals surface area contributed by atoms with Gasteiger partial charge in [0.2, 0.25) is 15.9 Å². The van der Waals surface area contributed by atoms with Crippen LogP contribution in [0.3, 0.4) is 0 Å². The van der Waals surface area contributed by atoms with Crippen molar-refractivity contribution >= 4 is 44.8 Å². The first-order chi connectivity index (χ1) is 10.7. The van der Waals surface area contributed by atoms with E-state index in [1.165, 1.54) is 18.2 Å². The normalized spacial score (nSPS) is 18.8. The zero-order valence-corrected chi connectivity index (χ0v) is 15.5. The lowest BCUT2D eigenvalue weighted by molar-refractivity contribution is -0.131. The zero-order valence-electron chi connectivity index (χ0n) is 13.1. The number of carbonyl (C=O) groups excluding carboxylic acids is 1. The summed E-state index contributed by atoms with van der Waals surface area (Å²) < 4.78 is 25.3. The van der Waals surface area contributed by atoms with Gasteiger partial charge < -0.3 is 4.90 Å². The fourth-order valence-electron chi connectivity index (χ4n) is 2.72. The maximum Gasteiger partial charge on any atom is 0.243 e. The van der Waals surface area contributed by atoms with Gasteiger partial charge in [-0.15, -0.1) is 0 Å². The van der Waals surface area contributed by atoms with Crippen molar-refractivity contribution < 1.29 is 13.2 Å². The fourth-order valence-corrected chi connectivity index (χ4v) is 4.07. The van der Waals surface area contributed by atoms with Crippen LogP contribution in [0.5, 0.6) is 0 Å². The quantitative estimate of drug-likeness (QED) is 0.808. The van der Waals surface area contributed by atoms with E-state index in [1.807, 2.05) is 0 Å². The number of piperidine rings is 1. The average Bonchev–Trinajstić information content (AvgIpc) is 2.42. The van der Waals surface area contributed by atoms with Crippen LogP contribution < -0.4 is 4.31 Å². The molecule has 0 aliphatic carbocycles. The molecular formula is C15H20Cl2N2O3S. The lowest BCUT2D eigenvalue weighted by atomic mass is 10.0. The molecule has 0 aromatic heterocycles. The molecule has 1 atom stereocenters. The van der Waals surface area contributed by atoms with Crippen LogP contribution in [0.25, 0.3) is 0 Å². The van der Waals surface area contributed by atoms with Gasteiger partial charge in [0.25, 0.3) is 0 Å². The third kappa shape index (κ3) is 4.99. The van der Waals surface area contributed by atoms with Gasteiger partial charge in [-0.25, -0.2) is 8.42 Å². The first-order valence-electron chi connectivity index (χ1n) is 7.38. The van der Waals surface area contributed by atoms with Crippen LogP contribution in [0.4, 0.5) is 5.69 Å². The van der Waals surface area contributed by atoms with Crippen molar-refractivity contribution in [1.82, 2.24) is 4.90 Å². The number of sulfonamides is 1. The van der Waals surface area contributed by atoms with Gasteiger partial charge in [0.15, 0.2) is 0 Å². The molecule has 0 N–H and O–H groups in total. The summed E-state index contributed by atoms with van der Waals surface area (Å²) in [6.45, 7) is 3.16. The third-order valence-electron chi connectivity index (χ3n) is 3.82. The van der Waals surface area contributed by atoms with Gasteiger partial charge in [0.05, 0.1) is 11.9 Å². The predicted octanol–water partition coefficient (Wildman–Crippen LogP) is 3.02. The number of benzene rings is 1. The highest BCUT2D eigenvalue weighted by Crippen LogP contribution is 2.27. The second-order valence-corrected chi connectivity index (χ2v) is 8.76. The van der Waals surface area contributed by atoms with E-state index in [4.69, 9.17) is 23.2 Å². The largest absolute Gasteiger partial charge is 0.341 e. The first kappa shape index (κ1) is 18.4. The Bertz CT molecular complexity index is 674. The minimum absolute atomic E-state index is 0.210. The summed E-state index contributed by atoms with van der Waals surface area (Å²) in [5.74, 6) is 0.220. The van der Waals surface area contributed by atoms with E-state index in [0.29, 0.717) is 34.7 Å². The minimum Gasteiger partial charge on any atom is -0.341 e. The van der Waals surface area contributed by atoms with Gasteiger partial charge in [-0.3, -0.25) is 9.10 Å². The number of nitrogens with zero attached hydrogens (tertiary/aromatic N) is 2. The van der Waals surface area contributed by atoms with Crippen molar-refractivity contribution in [2.45, 2.75) is 19.8 Å². The van der Waals surface area contributed by atoms with Crippen LogP contribution in [-0.4, -0.2) is 45.1 Å². The topological polar surface area (TPSA) is 57.7 Å². The number of hydrogen-bond acceptors (Lipinski definition) is 3. The molecule has 0 unspecified atom stereocenters. The number of likely N-dealkylation sites (tertiary alicyclic amines) is 1. The number of carbonyl (C=O) groups is 1. The summed E-state index contributed by atoms with van der Waals surface area (Å²) in [7, 11) is -3.63. The van der Waals surface area contributed by atoms with Crippen molar-refractivity contribution in [3.05, 3.63) is 28.2 Å². The molecule has 1 aliphatic heterocycles. The first-order valence-corrected chi connectivity index (χ1v) is 9.99. The molecule has 0 radical (unpaired) electrons. The molecule has 8 heteroatoms. The molecule has 1 aliphatic rings. The second-order valence-electron chi connectivity index (χ2n) is 5.98. The Morgan fingerprint density at radius 3 is 2.43 bits per heavy atom. The SMILES string of the molecule is C[C@@H]1CCCN(C(=O)CN(c2cc(Cl)cc(Cl)c2)S(C)(=O)=O)C1. The van der Waals surface area contributed by atoms with E-state index in [-0.39, 0.29) is 12.5 Å². The van der Waals surface area contributed by atoms with E-state index in [9.17, 15) is 13.2 Å². The van der Waals surface area contributed by atoms with Gasteiger partial charge in [-0.05, 0) is 37.0 Å². The highest BCUT2D eigenvalue weighted by atomic mass is 35.5. The average molecular weight is 379 g/mol. The molecule has 1 fully saturated rings. The molecule has 2 rings (SSSR count). The van der Waals surface area contributed by atoms with E-state index in [2.05, 4.69) is 6.92 Å². The van der Waals surface area contributed by atoms with Gasteiger partial charge in [0, 0.05) is 23.1 Å². The van der Waals surface area contributed by atoms with Crippen LogP contribution in [0.1, 0.15) is 19.8 Å². The van der Waals surface area contributed by atoms with Gasteiger partial charge in [-0.2, -0.15) is 0 Å². The lowest BCUT2D eigenvalue weighted by Gasteiger charge is -2.33. The van der Waals surface area contributed by atoms with Crippen LogP contribution in [0.2, 0.25) is 10.0 Å². The Kier molecular flexibility index (Phi) is 5.81. The number of rotatable bonds is 4. The van der Waals surface area contributed by atoms with E-state index < -0.39 is 10.0 Å². The fraction of sp³-hybridized carbons (Fsp3) is 0.533. The number of anilines is 1. The maximum absolute atomic E-state index is 12.5. The summed E-state index contributed by atoms with van der Waals surface area (Å²) >= 11 is 11.9. The van der Waals surface area contributed by atoms with E-state index >= 15 is 0 Å². The summed E-state index contributed by atoms with van der Waals surface area (Å²) in [6.07, 6.45) is 3.09. The summed E-state index contributed by atoms with van der Waals surface area (Å²) in [4.78, 5) is 14.2. The molecule has 128 valence electrons. The summed E-state index contributed by atoms with van der Waals surface area (Å²) in [6, 6.07) is 4.49.